The van der Waals surface area contributed by atoms with Gasteiger partial charge in [-0.15, -0.1) is 0 Å². The molecule has 3 rings (SSSR count). The third kappa shape index (κ3) is 5.76. The van der Waals surface area contributed by atoms with E-state index < -0.39 is 16.0 Å². The fourth-order valence-electron chi connectivity index (χ4n) is 3.01. The number of hydrogen-bond donors (Lipinski definition) is 1. The van der Waals surface area contributed by atoms with Crippen molar-refractivity contribution in [2.24, 2.45) is 0 Å². The quantitative estimate of drug-likeness (QED) is 0.413. The summed E-state index contributed by atoms with van der Waals surface area (Å²) in [5.74, 6) is 0.150. The first-order valence-electron chi connectivity index (χ1n) is 9.90. The normalized spacial score (nSPS) is 11.1. The topological polar surface area (TPSA) is 103 Å². The van der Waals surface area contributed by atoms with Gasteiger partial charge in [0, 0.05) is 38.0 Å². The van der Waals surface area contributed by atoms with E-state index in [4.69, 9.17) is 14.7 Å². The molecule has 2 N–H and O–H groups in total. The molecule has 0 fully saturated rings. The zero-order chi connectivity index (χ0) is 23.3. The number of anilines is 1. The van der Waals surface area contributed by atoms with Crippen molar-refractivity contribution in [2.75, 3.05) is 26.4 Å². The van der Waals surface area contributed by atoms with Crippen LogP contribution in [0.4, 0.5) is 5.69 Å². The van der Waals surface area contributed by atoms with E-state index in [1.807, 2.05) is 23.9 Å². The molecule has 32 heavy (non-hydrogen) atoms. The standard InChI is InChI=1S/C23H25N3O5S/c1-17-14-19(30-13-12-26-10-8-18(24)9-11-26)16-20(15-17)31-32(28,29)22-7-5-4-6-21(22)23(27)25(2)3/h4-11,14-16,24H,12-13H2,1-3H3/p+1. The Hall–Kier alpha value is -3.59. The number of rotatable bonds is 8. The second kappa shape index (κ2) is 9.69. The molecule has 0 atom stereocenters. The Morgan fingerprint density at radius 2 is 1.69 bits per heavy atom. The predicted octanol–water partition coefficient (Wildman–Crippen LogP) is 2.41. The summed E-state index contributed by atoms with van der Waals surface area (Å²) in [6.45, 7) is 2.76. The molecule has 9 heteroatoms. The van der Waals surface area contributed by atoms with Crippen LogP contribution in [0.2, 0.25) is 0 Å². The molecule has 0 saturated carbocycles. The van der Waals surface area contributed by atoms with Crippen LogP contribution < -0.4 is 19.2 Å². The minimum absolute atomic E-state index is 0.0437. The summed E-state index contributed by atoms with van der Waals surface area (Å²) in [7, 11) is -1.13. The van der Waals surface area contributed by atoms with Crippen LogP contribution in [0.5, 0.6) is 11.5 Å². The maximum absolute atomic E-state index is 13.0. The number of carbonyl (C=O) groups excluding carboxylic acids is 1. The van der Waals surface area contributed by atoms with Crippen LogP contribution in [0.25, 0.3) is 0 Å². The first-order chi connectivity index (χ1) is 15.2. The van der Waals surface area contributed by atoms with Crippen molar-refractivity contribution >= 4 is 21.7 Å². The number of nitrogen functional groups attached to an aromatic ring is 1. The highest BCUT2D eigenvalue weighted by atomic mass is 32.2. The van der Waals surface area contributed by atoms with Gasteiger partial charge in [0.2, 0.25) is 0 Å². The molecule has 1 heterocycles. The highest BCUT2D eigenvalue weighted by molar-refractivity contribution is 7.87. The van der Waals surface area contributed by atoms with Crippen LogP contribution in [-0.2, 0) is 16.7 Å². The van der Waals surface area contributed by atoms with E-state index in [2.05, 4.69) is 0 Å². The molecular formula is C23H26N3O5S+. The first kappa shape index (κ1) is 23.1. The fraction of sp³-hybridized carbons (Fsp3) is 0.217. The number of pyridine rings is 1. The molecule has 8 nitrogen and oxygen atoms in total. The molecule has 0 bridgehead atoms. The number of amides is 1. The van der Waals surface area contributed by atoms with Gasteiger partial charge in [-0.3, -0.25) is 4.79 Å². The minimum Gasteiger partial charge on any atom is -0.487 e. The van der Waals surface area contributed by atoms with Gasteiger partial charge >= 0.3 is 10.1 Å². The Labute approximate surface area is 187 Å². The van der Waals surface area contributed by atoms with Crippen LogP contribution in [0, 0.1) is 6.92 Å². The smallest absolute Gasteiger partial charge is 0.340 e. The Bertz CT molecular complexity index is 1210. The van der Waals surface area contributed by atoms with Crippen LogP contribution in [0.1, 0.15) is 15.9 Å². The van der Waals surface area contributed by atoms with E-state index in [1.54, 1.807) is 50.5 Å². The maximum Gasteiger partial charge on any atom is 0.340 e. The first-order valence-corrected chi connectivity index (χ1v) is 11.3. The van der Waals surface area contributed by atoms with Crippen molar-refractivity contribution in [3.8, 4) is 11.5 Å². The molecule has 0 saturated heterocycles. The van der Waals surface area contributed by atoms with Gasteiger partial charge in [-0.25, -0.2) is 4.57 Å². The van der Waals surface area contributed by atoms with Gasteiger partial charge in [0.25, 0.3) is 5.91 Å². The maximum atomic E-state index is 13.0. The Morgan fingerprint density at radius 3 is 2.38 bits per heavy atom. The molecule has 168 valence electrons. The van der Waals surface area contributed by atoms with Crippen molar-refractivity contribution < 1.29 is 26.7 Å². The number of nitrogens with two attached hydrogens (primary N) is 1. The van der Waals surface area contributed by atoms with Crippen molar-refractivity contribution in [1.29, 1.82) is 0 Å². The molecule has 0 unspecified atom stereocenters. The SMILES string of the molecule is Cc1cc(OCC[n+]2ccc(N)cc2)cc(OS(=O)(=O)c2ccccc2C(=O)N(C)C)c1. The molecule has 1 amide bonds. The van der Waals surface area contributed by atoms with Crippen molar-refractivity contribution in [3.05, 3.63) is 78.1 Å². The van der Waals surface area contributed by atoms with Crippen LogP contribution in [0.3, 0.4) is 0 Å². The van der Waals surface area contributed by atoms with E-state index in [0.717, 1.165) is 5.56 Å². The summed E-state index contributed by atoms with van der Waals surface area (Å²) in [6.07, 6.45) is 3.70. The average molecular weight is 457 g/mol. The third-order valence-electron chi connectivity index (χ3n) is 4.56. The van der Waals surface area contributed by atoms with E-state index in [9.17, 15) is 13.2 Å². The van der Waals surface area contributed by atoms with Gasteiger partial charge in [0.05, 0.1) is 5.56 Å². The summed E-state index contributed by atoms with van der Waals surface area (Å²) in [5, 5.41) is 0. The second-order valence-corrected chi connectivity index (χ2v) is 8.95. The number of hydrogen-bond acceptors (Lipinski definition) is 6. The van der Waals surface area contributed by atoms with Gasteiger partial charge in [-0.05, 0) is 36.8 Å². The van der Waals surface area contributed by atoms with Gasteiger partial charge in [-0.2, -0.15) is 8.42 Å². The lowest BCUT2D eigenvalue weighted by Gasteiger charge is -2.15. The Balaban J connectivity index is 1.77. The fourth-order valence-corrected chi connectivity index (χ4v) is 4.12. The molecule has 0 aliphatic heterocycles. The molecule has 2 aromatic carbocycles. The Morgan fingerprint density at radius 1 is 1.03 bits per heavy atom. The van der Waals surface area contributed by atoms with Crippen LogP contribution in [0.15, 0.2) is 71.9 Å². The Kier molecular flexibility index (Phi) is 6.99. The lowest BCUT2D eigenvalue weighted by Crippen LogP contribution is -2.35. The summed E-state index contributed by atoms with van der Waals surface area (Å²) in [5.41, 5.74) is 7.18. The summed E-state index contributed by atoms with van der Waals surface area (Å²) < 4.78 is 39.0. The molecule has 0 radical (unpaired) electrons. The number of nitrogens with zero attached hydrogens (tertiary/aromatic N) is 2. The minimum atomic E-state index is -4.24. The largest absolute Gasteiger partial charge is 0.487 e. The predicted molar refractivity (Wildman–Crippen MR) is 120 cm³/mol. The van der Waals surface area contributed by atoms with Gasteiger partial charge < -0.3 is 19.6 Å². The third-order valence-corrected chi connectivity index (χ3v) is 5.86. The summed E-state index contributed by atoms with van der Waals surface area (Å²) in [6, 6.07) is 14.4. The molecule has 0 aliphatic rings. The van der Waals surface area contributed by atoms with E-state index in [1.165, 1.54) is 23.1 Å². The number of aromatic nitrogens is 1. The molecule has 1 aromatic heterocycles. The highest BCUT2D eigenvalue weighted by Crippen LogP contribution is 2.27. The lowest BCUT2D eigenvalue weighted by molar-refractivity contribution is -0.697. The molecular weight excluding hydrogens is 430 g/mol. The van der Waals surface area contributed by atoms with E-state index >= 15 is 0 Å². The molecule has 3 aromatic rings. The van der Waals surface area contributed by atoms with E-state index in [-0.39, 0.29) is 16.2 Å². The summed E-state index contributed by atoms with van der Waals surface area (Å²) >= 11 is 0. The van der Waals surface area contributed by atoms with Crippen molar-refractivity contribution in [3.63, 3.8) is 0 Å². The molecule has 0 spiro atoms. The van der Waals surface area contributed by atoms with Gasteiger partial charge in [-0.1, -0.05) is 12.1 Å². The van der Waals surface area contributed by atoms with E-state index in [0.29, 0.717) is 24.6 Å². The van der Waals surface area contributed by atoms with Crippen LogP contribution >= 0.6 is 0 Å². The average Bonchev–Trinajstić information content (AvgIpc) is 2.74. The number of aryl methyl sites for hydroxylation is 1. The van der Waals surface area contributed by atoms with Gasteiger partial charge in [0.15, 0.2) is 18.9 Å². The zero-order valence-electron chi connectivity index (χ0n) is 18.2. The lowest BCUT2D eigenvalue weighted by atomic mass is 10.2. The monoisotopic (exact) mass is 456 g/mol. The van der Waals surface area contributed by atoms with Gasteiger partial charge in [0.1, 0.15) is 23.0 Å². The highest BCUT2D eigenvalue weighted by Gasteiger charge is 2.25. The second-order valence-electron chi connectivity index (χ2n) is 7.43. The zero-order valence-corrected chi connectivity index (χ0v) is 19.0. The number of ether oxygens (including phenoxy) is 1. The van der Waals surface area contributed by atoms with Crippen LogP contribution in [-0.4, -0.2) is 39.9 Å². The number of benzene rings is 2. The molecule has 0 aliphatic carbocycles. The number of carbonyl (C=O) groups is 1. The van der Waals surface area contributed by atoms with Crippen molar-refractivity contribution in [1.82, 2.24) is 4.90 Å². The summed E-state index contributed by atoms with van der Waals surface area (Å²) in [4.78, 5) is 13.5. The van der Waals surface area contributed by atoms with Crippen molar-refractivity contribution in [2.45, 2.75) is 18.4 Å².